The van der Waals surface area contributed by atoms with Gasteiger partial charge in [0.2, 0.25) is 0 Å². The minimum atomic E-state index is 0.681. The van der Waals surface area contributed by atoms with Crippen molar-refractivity contribution >= 4 is 49.5 Å². The Labute approximate surface area is 319 Å². The molecule has 4 nitrogen and oxygen atoms in total. The fourth-order valence-electron chi connectivity index (χ4n) is 7.59. The number of hydrogen-bond donors (Lipinski definition) is 0. The summed E-state index contributed by atoms with van der Waals surface area (Å²) < 4.78 is 0. The van der Waals surface area contributed by atoms with Gasteiger partial charge in [-0.25, -0.2) is 15.0 Å². The fourth-order valence-corrected chi connectivity index (χ4v) is 7.59. The van der Waals surface area contributed by atoms with E-state index in [1.807, 2.05) is 36.4 Å². The molecule has 0 atom stereocenters. The Morgan fingerprint density at radius 2 is 0.855 bits per heavy atom. The van der Waals surface area contributed by atoms with Crippen LogP contribution in [0.5, 0.6) is 0 Å². The molecule has 0 unspecified atom stereocenters. The second-order valence-electron chi connectivity index (χ2n) is 13.6. The third kappa shape index (κ3) is 6.06. The van der Waals surface area contributed by atoms with Crippen molar-refractivity contribution in [3.05, 3.63) is 206 Å². The van der Waals surface area contributed by atoms with Crippen molar-refractivity contribution < 1.29 is 0 Å². The smallest absolute Gasteiger partial charge is 0.160 e. The normalized spacial score (nSPS) is 11.3. The van der Waals surface area contributed by atoms with Gasteiger partial charge in [-0.2, -0.15) is 0 Å². The molecule has 0 amide bonds. The average Bonchev–Trinajstić information content (AvgIpc) is 3.27. The number of nitrogens with zero attached hydrogens (tertiary/aromatic N) is 4. The van der Waals surface area contributed by atoms with Gasteiger partial charge < -0.3 is 4.90 Å². The van der Waals surface area contributed by atoms with Gasteiger partial charge in [0.05, 0.1) is 22.6 Å². The van der Waals surface area contributed by atoms with Crippen LogP contribution in [0.25, 0.3) is 77.6 Å². The molecule has 8 aromatic carbocycles. The first-order valence-corrected chi connectivity index (χ1v) is 18.5. The monoisotopic (exact) mass is 702 g/mol. The summed E-state index contributed by atoms with van der Waals surface area (Å²) in [6, 6.07) is 72.0. The maximum atomic E-state index is 5.46. The van der Waals surface area contributed by atoms with Crippen LogP contribution >= 0.6 is 0 Å². The van der Waals surface area contributed by atoms with E-state index in [0.29, 0.717) is 5.82 Å². The Hall–Kier alpha value is -7.43. The summed E-state index contributed by atoms with van der Waals surface area (Å²) in [5.74, 6) is 0.681. The number of anilines is 3. The van der Waals surface area contributed by atoms with Crippen molar-refractivity contribution in [2.75, 3.05) is 4.90 Å². The number of benzene rings is 8. The Morgan fingerprint density at radius 3 is 1.47 bits per heavy atom. The predicted octanol–water partition coefficient (Wildman–Crippen LogP) is 13.5. The van der Waals surface area contributed by atoms with E-state index in [2.05, 4.69) is 175 Å². The Balaban J connectivity index is 1.14. The molecule has 0 aliphatic rings. The van der Waals surface area contributed by atoms with E-state index in [9.17, 15) is 0 Å². The van der Waals surface area contributed by atoms with Crippen LogP contribution in [0.15, 0.2) is 206 Å². The van der Waals surface area contributed by atoms with Gasteiger partial charge >= 0.3 is 0 Å². The summed E-state index contributed by atoms with van der Waals surface area (Å²) in [7, 11) is 0. The molecule has 0 aliphatic heterocycles. The quantitative estimate of drug-likeness (QED) is 0.155. The first kappa shape index (κ1) is 32.2. The van der Waals surface area contributed by atoms with Crippen LogP contribution in [0, 0.1) is 0 Å². The summed E-state index contributed by atoms with van der Waals surface area (Å²) in [6.07, 6.45) is 0. The molecule has 10 rings (SSSR count). The number of hydrogen-bond acceptors (Lipinski definition) is 4. The number of aromatic nitrogens is 3. The van der Waals surface area contributed by atoms with Crippen LogP contribution in [0.2, 0.25) is 0 Å². The van der Waals surface area contributed by atoms with Crippen LogP contribution in [-0.2, 0) is 0 Å². The Kier molecular flexibility index (Phi) is 8.12. The number of rotatable bonds is 7. The van der Waals surface area contributed by atoms with Crippen molar-refractivity contribution in [2.45, 2.75) is 0 Å². The lowest BCUT2D eigenvalue weighted by Crippen LogP contribution is -2.09. The van der Waals surface area contributed by atoms with Gasteiger partial charge in [0.1, 0.15) is 0 Å². The summed E-state index contributed by atoms with van der Waals surface area (Å²) in [4.78, 5) is 17.9. The molecule has 4 heteroatoms. The molecule has 2 aromatic heterocycles. The lowest BCUT2D eigenvalue weighted by molar-refractivity contribution is 1.18. The van der Waals surface area contributed by atoms with Gasteiger partial charge in [0.15, 0.2) is 5.82 Å². The molecule has 0 radical (unpaired) electrons. The zero-order chi connectivity index (χ0) is 36.6. The number of para-hydroxylation sites is 2. The van der Waals surface area contributed by atoms with E-state index >= 15 is 0 Å². The van der Waals surface area contributed by atoms with Gasteiger partial charge in [-0.15, -0.1) is 0 Å². The highest BCUT2D eigenvalue weighted by Gasteiger charge is 2.18. The van der Waals surface area contributed by atoms with E-state index in [-0.39, 0.29) is 0 Å². The third-order valence-corrected chi connectivity index (χ3v) is 10.2. The molecule has 0 bridgehead atoms. The SMILES string of the molecule is c1ccc(-c2cc(-c3ccccc3)nc(-c3ccc(-c4nc5cc(N(c6ccccc6)c6ccccc6)ccc5c5c4ccc4ccccc45)cc3)n2)cc1. The lowest BCUT2D eigenvalue weighted by Gasteiger charge is -2.26. The molecular formula is C51H34N4. The zero-order valence-electron chi connectivity index (χ0n) is 29.9. The second kappa shape index (κ2) is 13.8. The maximum Gasteiger partial charge on any atom is 0.160 e. The third-order valence-electron chi connectivity index (χ3n) is 10.2. The maximum absolute atomic E-state index is 5.46. The van der Waals surface area contributed by atoms with Crippen LogP contribution in [-0.4, -0.2) is 15.0 Å². The van der Waals surface area contributed by atoms with Crippen LogP contribution < -0.4 is 4.90 Å². The fraction of sp³-hybridized carbons (Fsp3) is 0. The van der Waals surface area contributed by atoms with Crippen LogP contribution in [0.4, 0.5) is 17.1 Å². The first-order valence-electron chi connectivity index (χ1n) is 18.5. The minimum absolute atomic E-state index is 0.681. The van der Waals surface area contributed by atoms with Crippen molar-refractivity contribution in [3.8, 4) is 45.2 Å². The van der Waals surface area contributed by atoms with Gasteiger partial charge in [-0.3, -0.25) is 0 Å². The molecule has 0 spiro atoms. The molecular weight excluding hydrogens is 669 g/mol. The summed E-state index contributed by atoms with van der Waals surface area (Å²) in [5.41, 5.74) is 10.9. The molecule has 10 aromatic rings. The topological polar surface area (TPSA) is 41.9 Å². The summed E-state index contributed by atoms with van der Waals surface area (Å²) >= 11 is 0. The lowest BCUT2D eigenvalue weighted by atomic mass is 9.94. The molecule has 0 aliphatic carbocycles. The second-order valence-corrected chi connectivity index (χ2v) is 13.6. The highest BCUT2D eigenvalue weighted by atomic mass is 15.1. The van der Waals surface area contributed by atoms with E-state index in [4.69, 9.17) is 15.0 Å². The highest BCUT2D eigenvalue weighted by molar-refractivity contribution is 6.22. The highest BCUT2D eigenvalue weighted by Crippen LogP contribution is 2.41. The largest absolute Gasteiger partial charge is 0.310 e. The summed E-state index contributed by atoms with van der Waals surface area (Å²) in [6.45, 7) is 0. The minimum Gasteiger partial charge on any atom is -0.310 e. The van der Waals surface area contributed by atoms with Crippen molar-refractivity contribution in [1.82, 2.24) is 15.0 Å². The zero-order valence-corrected chi connectivity index (χ0v) is 29.9. The molecule has 2 heterocycles. The molecule has 258 valence electrons. The Morgan fingerprint density at radius 1 is 0.327 bits per heavy atom. The van der Waals surface area contributed by atoms with Gasteiger partial charge in [-0.05, 0) is 53.2 Å². The van der Waals surface area contributed by atoms with Crippen molar-refractivity contribution in [3.63, 3.8) is 0 Å². The molecule has 0 saturated heterocycles. The van der Waals surface area contributed by atoms with Crippen LogP contribution in [0.1, 0.15) is 0 Å². The van der Waals surface area contributed by atoms with Gasteiger partial charge in [-0.1, -0.05) is 164 Å². The number of fused-ring (bicyclic) bond motifs is 5. The van der Waals surface area contributed by atoms with Gasteiger partial charge in [0.25, 0.3) is 0 Å². The molecule has 0 N–H and O–H groups in total. The van der Waals surface area contributed by atoms with E-state index in [1.165, 1.54) is 16.2 Å². The van der Waals surface area contributed by atoms with Crippen molar-refractivity contribution in [2.24, 2.45) is 0 Å². The molecule has 0 fully saturated rings. The Bertz CT molecular complexity index is 2850. The predicted molar refractivity (Wildman–Crippen MR) is 229 cm³/mol. The van der Waals surface area contributed by atoms with E-state index in [1.54, 1.807) is 0 Å². The molecule has 0 saturated carbocycles. The first-order chi connectivity index (χ1) is 27.3. The van der Waals surface area contributed by atoms with E-state index < -0.39 is 0 Å². The van der Waals surface area contributed by atoms with Gasteiger partial charge in [0, 0.05) is 55.5 Å². The standard InChI is InChI=1S/C51H34N4/c1-5-16-36(17-6-1)46-34-47(37-18-7-2-8-19-37)54-51(53-46)39-27-25-38(26-28-39)50-45-31-29-35-15-13-14-24-43(35)49(45)44-32-30-42(33-48(44)52-50)55(40-20-9-3-10-21-40)41-22-11-4-12-23-41/h1-34H. The summed E-state index contributed by atoms with van der Waals surface area (Å²) in [5, 5.41) is 5.85. The average molecular weight is 703 g/mol. The number of pyridine rings is 1. The van der Waals surface area contributed by atoms with Crippen molar-refractivity contribution in [1.29, 1.82) is 0 Å². The molecule has 55 heavy (non-hydrogen) atoms. The van der Waals surface area contributed by atoms with E-state index in [0.717, 1.165) is 72.7 Å². The van der Waals surface area contributed by atoms with Crippen LogP contribution in [0.3, 0.4) is 0 Å².